The topological polar surface area (TPSA) is 72.1 Å². The summed E-state index contributed by atoms with van der Waals surface area (Å²) in [6.45, 7) is 3.29. The number of rotatable bonds is 4. The smallest absolute Gasteiger partial charge is 0.236 e. The Balaban J connectivity index is 1.72. The van der Waals surface area contributed by atoms with E-state index in [-0.39, 0.29) is 17.1 Å². The number of anilines is 1. The first-order valence-corrected chi connectivity index (χ1v) is 8.66. The van der Waals surface area contributed by atoms with E-state index < -0.39 is 0 Å². The number of carbonyl (C=O) groups is 1. The number of carbonyl (C=O) groups excluding carboxylic acids is 1. The van der Waals surface area contributed by atoms with Crippen molar-refractivity contribution in [3.63, 3.8) is 0 Å². The van der Waals surface area contributed by atoms with E-state index in [0.717, 1.165) is 29.0 Å². The molecular weight excluding hydrogens is 308 g/mol. The average molecular weight is 328 g/mol. The van der Waals surface area contributed by atoms with Crippen LogP contribution >= 0.6 is 11.8 Å². The first-order valence-electron chi connectivity index (χ1n) is 7.78. The van der Waals surface area contributed by atoms with Crippen LogP contribution in [-0.4, -0.2) is 32.6 Å². The van der Waals surface area contributed by atoms with Crippen LogP contribution in [0.3, 0.4) is 0 Å². The number of benzene rings is 1. The summed E-state index contributed by atoms with van der Waals surface area (Å²) in [5, 5.41) is -0.0712. The molecule has 0 fully saturated rings. The van der Waals surface area contributed by atoms with E-state index in [9.17, 15) is 4.79 Å². The lowest BCUT2D eigenvalue weighted by Gasteiger charge is -2.30. The highest BCUT2D eigenvalue weighted by molar-refractivity contribution is 8.00. The Morgan fingerprint density at radius 2 is 2.17 bits per heavy atom. The Morgan fingerprint density at radius 1 is 1.39 bits per heavy atom. The first-order chi connectivity index (χ1) is 11.2. The molecule has 2 heterocycles. The minimum absolute atomic E-state index is 0.0712. The van der Waals surface area contributed by atoms with E-state index in [4.69, 9.17) is 5.73 Å². The minimum atomic E-state index is -0.0712. The Bertz CT molecular complexity index is 692. The van der Waals surface area contributed by atoms with E-state index in [1.54, 1.807) is 18.0 Å². The molecule has 23 heavy (non-hydrogen) atoms. The zero-order chi connectivity index (χ0) is 16.2. The second-order valence-corrected chi connectivity index (χ2v) is 6.81. The fraction of sp³-hybridized carbons (Fsp3) is 0.353. The maximum atomic E-state index is 12.9. The van der Waals surface area contributed by atoms with Crippen LogP contribution in [0.25, 0.3) is 0 Å². The molecule has 0 bridgehead atoms. The average Bonchev–Trinajstić information content (AvgIpc) is 2.59. The lowest BCUT2D eigenvalue weighted by atomic mass is 10.1. The second-order valence-electron chi connectivity index (χ2n) is 5.54. The fourth-order valence-electron chi connectivity index (χ4n) is 2.68. The molecule has 1 aromatic carbocycles. The second kappa shape index (κ2) is 7.00. The predicted molar refractivity (Wildman–Crippen MR) is 91.9 cm³/mol. The van der Waals surface area contributed by atoms with Crippen molar-refractivity contribution in [3.05, 3.63) is 47.8 Å². The molecule has 1 aliphatic rings. The highest BCUT2D eigenvalue weighted by Gasteiger charge is 2.27. The van der Waals surface area contributed by atoms with Gasteiger partial charge < -0.3 is 10.6 Å². The molecule has 120 valence electrons. The molecule has 6 heteroatoms. The van der Waals surface area contributed by atoms with Crippen LogP contribution in [0.1, 0.15) is 24.6 Å². The molecule has 0 aliphatic carbocycles. The third-order valence-corrected chi connectivity index (χ3v) is 5.31. The molecule has 0 saturated heterocycles. The molecule has 0 saturated carbocycles. The third kappa shape index (κ3) is 3.64. The van der Waals surface area contributed by atoms with Crippen LogP contribution in [0.15, 0.2) is 41.4 Å². The van der Waals surface area contributed by atoms with Crippen molar-refractivity contribution in [1.29, 1.82) is 0 Å². The zero-order valence-corrected chi connectivity index (χ0v) is 13.9. The van der Waals surface area contributed by atoms with Gasteiger partial charge in [0.05, 0.1) is 17.5 Å². The number of nitrogen functional groups attached to an aromatic ring is 1. The number of aromatic nitrogens is 2. The summed E-state index contributed by atoms with van der Waals surface area (Å²) >= 11 is 1.63. The number of fused-ring (bicyclic) bond motifs is 1. The van der Waals surface area contributed by atoms with Crippen molar-refractivity contribution in [2.75, 3.05) is 12.3 Å². The molecule has 1 aromatic heterocycles. The summed E-state index contributed by atoms with van der Waals surface area (Å²) in [7, 11) is 0. The van der Waals surface area contributed by atoms with Gasteiger partial charge in [0.25, 0.3) is 0 Å². The van der Waals surface area contributed by atoms with E-state index in [1.807, 2.05) is 35.2 Å². The summed E-state index contributed by atoms with van der Waals surface area (Å²) in [5.41, 5.74) is 7.62. The summed E-state index contributed by atoms with van der Waals surface area (Å²) in [5.74, 6) is 0.438. The highest BCUT2D eigenvalue weighted by atomic mass is 32.2. The van der Waals surface area contributed by atoms with Crippen molar-refractivity contribution in [2.45, 2.75) is 36.5 Å². The Labute approximate surface area is 140 Å². The van der Waals surface area contributed by atoms with Crippen molar-refractivity contribution in [1.82, 2.24) is 14.9 Å². The Kier molecular flexibility index (Phi) is 4.81. The quantitative estimate of drug-likeness (QED) is 0.873. The standard InChI is InChI=1S/C17H20N4OS/c1-2-15(23-13-6-4-3-5-7-13)16(22)21-9-8-12-10-19-17(18)20-14(12)11-21/h3-7,10,15H,2,8-9,11H2,1H3,(H2,18,19,20). The molecule has 3 rings (SSSR count). The first kappa shape index (κ1) is 15.8. The van der Waals surface area contributed by atoms with E-state index in [0.29, 0.717) is 13.1 Å². The Hall–Kier alpha value is -2.08. The molecule has 0 spiro atoms. The number of hydrogen-bond acceptors (Lipinski definition) is 5. The van der Waals surface area contributed by atoms with Gasteiger partial charge in [0.2, 0.25) is 11.9 Å². The molecule has 2 aromatic rings. The molecule has 0 radical (unpaired) electrons. The van der Waals surface area contributed by atoms with Crippen LogP contribution in [0.5, 0.6) is 0 Å². The van der Waals surface area contributed by atoms with Gasteiger partial charge in [0, 0.05) is 17.6 Å². The number of hydrogen-bond donors (Lipinski definition) is 1. The molecule has 5 nitrogen and oxygen atoms in total. The van der Waals surface area contributed by atoms with Crippen molar-refractivity contribution in [3.8, 4) is 0 Å². The van der Waals surface area contributed by atoms with Crippen LogP contribution in [0.2, 0.25) is 0 Å². The fourth-order valence-corrected chi connectivity index (χ4v) is 3.74. The molecule has 1 aliphatic heterocycles. The van der Waals surface area contributed by atoms with Crippen LogP contribution < -0.4 is 5.73 Å². The van der Waals surface area contributed by atoms with Gasteiger partial charge in [-0.15, -0.1) is 11.8 Å². The molecule has 2 N–H and O–H groups in total. The normalized spacial score (nSPS) is 15.1. The van der Waals surface area contributed by atoms with Gasteiger partial charge in [-0.2, -0.15) is 0 Å². The van der Waals surface area contributed by atoms with Gasteiger partial charge in [-0.25, -0.2) is 9.97 Å². The maximum Gasteiger partial charge on any atom is 0.236 e. The molecular formula is C17H20N4OS. The number of amides is 1. The van der Waals surface area contributed by atoms with Gasteiger partial charge in [0.1, 0.15) is 0 Å². The summed E-state index contributed by atoms with van der Waals surface area (Å²) in [6, 6.07) is 10.1. The molecule has 1 amide bonds. The number of nitrogens with two attached hydrogens (primary N) is 1. The van der Waals surface area contributed by atoms with Crippen molar-refractivity contribution >= 4 is 23.6 Å². The predicted octanol–water partition coefficient (Wildman–Crippen LogP) is 2.51. The summed E-state index contributed by atoms with van der Waals surface area (Å²) in [6.07, 6.45) is 3.36. The van der Waals surface area contributed by atoms with Gasteiger partial charge in [-0.3, -0.25) is 4.79 Å². The van der Waals surface area contributed by atoms with Gasteiger partial charge in [-0.1, -0.05) is 25.1 Å². The van der Waals surface area contributed by atoms with Gasteiger partial charge in [-0.05, 0) is 30.5 Å². The van der Waals surface area contributed by atoms with Crippen molar-refractivity contribution in [2.24, 2.45) is 0 Å². The minimum Gasteiger partial charge on any atom is -0.368 e. The molecule has 1 unspecified atom stereocenters. The summed E-state index contributed by atoms with van der Waals surface area (Å²) in [4.78, 5) is 24.2. The monoisotopic (exact) mass is 328 g/mol. The molecule has 1 atom stereocenters. The largest absolute Gasteiger partial charge is 0.368 e. The van der Waals surface area contributed by atoms with E-state index in [2.05, 4.69) is 16.9 Å². The number of nitrogens with zero attached hydrogens (tertiary/aromatic N) is 3. The van der Waals surface area contributed by atoms with Crippen LogP contribution in [0, 0.1) is 0 Å². The lowest BCUT2D eigenvalue weighted by molar-refractivity contribution is -0.131. The van der Waals surface area contributed by atoms with Crippen LogP contribution in [-0.2, 0) is 17.8 Å². The highest BCUT2D eigenvalue weighted by Crippen LogP contribution is 2.28. The lowest BCUT2D eigenvalue weighted by Crippen LogP contribution is -2.41. The SMILES string of the molecule is CCC(Sc1ccccc1)C(=O)N1CCc2cnc(N)nc2C1. The third-order valence-electron chi connectivity index (χ3n) is 3.94. The van der Waals surface area contributed by atoms with Gasteiger partial charge >= 0.3 is 0 Å². The Morgan fingerprint density at radius 3 is 2.91 bits per heavy atom. The number of thioether (sulfide) groups is 1. The summed E-state index contributed by atoms with van der Waals surface area (Å²) < 4.78 is 0. The zero-order valence-electron chi connectivity index (χ0n) is 13.1. The van der Waals surface area contributed by atoms with Crippen LogP contribution in [0.4, 0.5) is 5.95 Å². The van der Waals surface area contributed by atoms with Crippen molar-refractivity contribution < 1.29 is 4.79 Å². The van der Waals surface area contributed by atoms with E-state index >= 15 is 0 Å². The van der Waals surface area contributed by atoms with Gasteiger partial charge in [0.15, 0.2) is 0 Å². The maximum absolute atomic E-state index is 12.9. The van der Waals surface area contributed by atoms with E-state index in [1.165, 1.54) is 0 Å².